The van der Waals surface area contributed by atoms with Gasteiger partial charge in [-0.05, 0) is 19.1 Å². The molecule has 7 heteroatoms. The second-order valence-electron chi connectivity index (χ2n) is 5.44. The molecular formula is C16H16ClN5O. The number of aryl methyl sites for hydroxylation is 1. The molecule has 4 rings (SSSR count). The van der Waals surface area contributed by atoms with Crippen molar-refractivity contribution in [3.8, 4) is 5.69 Å². The summed E-state index contributed by atoms with van der Waals surface area (Å²) in [5.41, 5.74) is 1.59. The standard InChI is InChI=1S/C16H16ClN5O/c1-11-19-15(21-6-8-23-9-7-21)12-10-18-22(16(12)20-11)14-5-3-2-4-13(14)17/h2-5,10H,6-9H2,1H3. The van der Waals surface area contributed by atoms with E-state index in [9.17, 15) is 0 Å². The van der Waals surface area contributed by atoms with E-state index < -0.39 is 0 Å². The van der Waals surface area contributed by atoms with Crippen LogP contribution in [0.1, 0.15) is 5.82 Å². The third-order valence-corrected chi connectivity index (χ3v) is 4.23. The van der Waals surface area contributed by atoms with Crippen LogP contribution in [0.4, 0.5) is 5.82 Å². The summed E-state index contributed by atoms with van der Waals surface area (Å²) in [5, 5.41) is 6.06. The fourth-order valence-corrected chi connectivity index (χ4v) is 3.03. The SMILES string of the molecule is Cc1nc(N2CCOCC2)c2cnn(-c3ccccc3Cl)c2n1. The molecule has 0 radical (unpaired) electrons. The van der Waals surface area contributed by atoms with E-state index in [0.717, 1.165) is 35.6 Å². The average molecular weight is 330 g/mol. The van der Waals surface area contributed by atoms with Crippen LogP contribution in [0.15, 0.2) is 30.5 Å². The number of hydrogen-bond acceptors (Lipinski definition) is 5. The second-order valence-corrected chi connectivity index (χ2v) is 5.85. The molecule has 0 N–H and O–H groups in total. The van der Waals surface area contributed by atoms with Crippen LogP contribution in [0.25, 0.3) is 16.7 Å². The minimum absolute atomic E-state index is 0.640. The van der Waals surface area contributed by atoms with Crippen molar-refractivity contribution >= 4 is 28.5 Å². The van der Waals surface area contributed by atoms with Gasteiger partial charge in [0.15, 0.2) is 5.65 Å². The lowest BCUT2D eigenvalue weighted by Crippen LogP contribution is -2.37. The summed E-state index contributed by atoms with van der Waals surface area (Å²) in [4.78, 5) is 11.4. The molecule has 0 saturated carbocycles. The molecule has 2 aromatic heterocycles. The van der Waals surface area contributed by atoms with Crippen LogP contribution in [0, 0.1) is 6.92 Å². The number of nitrogens with zero attached hydrogens (tertiary/aromatic N) is 5. The second kappa shape index (κ2) is 5.79. The first-order valence-electron chi connectivity index (χ1n) is 7.54. The average Bonchev–Trinajstić information content (AvgIpc) is 2.99. The first-order valence-corrected chi connectivity index (χ1v) is 7.92. The number of fused-ring (bicyclic) bond motifs is 1. The molecule has 1 aliphatic rings. The summed E-state index contributed by atoms with van der Waals surface area (Å²) in [6.45, 7) is 4.96. The number of halogens is 1. The largest absolute Gasteiger partial charge is 0.378 e. The highest BCUT2D eigenvalue weighted by atomic mass is 35.5. The molecule has 118 valence electrons. The lowest BCUT2D eigenvalue weighted by molar-refractivity contribution is 0.122. The van der Waals surface area contributed by atoms with Gasteiger partial charge in [0.2, 0.25) is 0 Å². The number of ether oxygens (including phenoxy) is 1. The summed E-state index contributed by atoms with van der Waals surface area (Å²) in [7, 11) is 0. The van der Waals surface area contributed by atoms with Crippen molar-refractivity contribution in [2.45, 2.75) is 6.92 Å². The number of rotatable bonds is 2. The Morgan fingerprint density at radius 3 is 2.70 bits per heavy atom. The number of benzene rings is 1. The quantitative estimate of drug-likeness (QED) is 0.723. The van der Waals surface area contributed by atoms with Gasteiger partial charge >= 0.3 is 0 Å². The molecule has 1 aromatic carbocycles. The monoisotopic (exact) mass is 329 g/mol. The Balaban J connectivity index is 1.89. The molecular weight excluding hydrogens is 314 g/mol. The predicted molar refractivity (Wildman–Crippen MR) is 89.4 cm³/mol. The van der Waals surface area contributed by atoms with Gasteiger partial charge in [-0.15, -0.1) is 0 Å². The first-order chi connectivity index (χ1) is 11.2. The molecule has 23 heavy (non-hydrogen) atoms. The van der Waals surface area contributed by atoms with Crippen molar-refractivity contribution in [1.82, 2.24) is 19.7 Å². The van der Waals surface area contributed by atoms with Crippen molar-refractivity contribution in [1.29, 1.82) is 0 Å². The normalized spacial score (nSPS) is 15.3. The molecule has 3 aromatic rings. The molecule has 0 aliphatic carbocycles. The number of hydrogen-bond donors (Lipinski definition) is 0. The molecule has 0 atom stereocenters. The van der Waals surface area contributed by atoms with E-state index >= 15 is 0 Å². The van der Waals surface area contributed by atoms with Gasteiger partial charge in [-0.3, -0.25) is 0 Å². The number of morpholine rings is 1. The first kappa shape index (κ1) is 14.4. The Morgan fingerprint density at radius 1 is 1.13 bits per heavy atom. The van der Waals surface area contributed by atoms with Gasteiger partial charge < -0.3 is 9.64 Å². The maximum atomic E-state index is 6.31. The van der Waals surface area contributed by atoms with Gasteiger partial charge in [-0.25, -0.2) is 14.6 Å². The summed E-state index contributed by atoms with van der Waals surface area (Å²) in [6.07, 6.45) is 1.81. The van der Waals surface area contributed by atoms with Crippen LogP contribution in [-0.4, -0.2) is 46.1 Å². The van der Waals surface area contributed by atoms with Gasteiger partial charge in [0, 0.05) is 13.1 Å². The number of anilines is 1. The molecule has 0 spiro atoms. The molecule has 1 aliphatic heterocycles. The molecule has 0 amide bonds. The van der Waals surface area contributed by atoms with Crippen molar-refractivity contribution < 1.29 is 4.74 Å². The minimum Gasteiger partial charge on any atom is -0.378 e. The van der Waals surface area contributed by atoms with E-state index in [1.165, 1.54) is 0 Å². The number of para-hydroxylation sites is 1. The zero-order valence-electron chi connectivity index (χ0n) is 12.7. The molecule has 0 unspecified atom stereocenters. The van der Waals surface area contributed by atoms with Gasteiger partial charge in [-0.2, -0.15) is 5.10 Å². The van der Waals surface area contributed by atoms with Crippen LogP contribution in [0.2, 0.25) is 5.02 Å². The van der Waals surface area contributed by atoms with Gasteiger partial charge in [0.1, 0.15) is 11.6 Å². The highest BCUT2D eigenvalue weighted by Gasteiger charge is 2.20. The minimum atomic E-state index is 0.640. The summed E-state index contributed by atoms with van der Waals surface area (Å²) >= 11 is 6.31. The fraction of sp³-hybridized carbons (Fsp3) is 0.312. The van der Waals surface area contributed by atoms with E-state index in [4.69, 9.17) is 16.3 Å². The highest BCUT2D eigenvalue weighted by molar-refractivity contribution is 6.32. The van der Waals surface area contributed by atoms with Crippen LogP contribution in [0.5, 0.6) is 0 Å². The van der Waals surface area contributed by atoms with Crippen molar-refractivity contribution in [2.24, 2.45) is 0 Å². The van der Waals surface area contributed by atoms with E-state index in [-0.39, 0.29) is 0 Å². The molecule has 6 nitrogen and oxygen atoms in total. The van der Waals surface area contributed by atoms with Crippen LogP contribution in [-0.2, 0) is 4.74 Å². The van der Waals surface area contributed by atoms with E-state index in [2.05, 4.69) is 20.0 Å². The van der Waals surface area contributed by atoms with Crippen LogP contribution >= 0.6 is 11.6 Å². The predicted octanol–water partition coefficient (Wildman–Crippen LogP) is 2.61. The Bertz CT molecular complexity index is 857. The Kier molecular flexibility index (Phi) is 3.63. The van der Waals surface area contributed by atoms with Gasteiger partial charge in [0.05, 0.1) is 35.5 Å². The molecule has 0 bridgehead atoms. The summed E-state index contributed by atoms with van der Waals surface area (Å²) in [5.74, 6) is 1.63. The van der Waals surface area contributed by atoms with Gasteiger partial charge in [-0.1, -0.05) is 23.7 Å². The maximum Gasteiger partial charge on any atom is 0.168 e. The summed E-state index contributed by atoms with van der Waals surface area (Å²) in [6, 6.07) is 7.62. The molecule has 1 saturated heterocycles. The van der Waals surface area contributed by atoms with Crippen molar-refractivity contribution in [2.75, 3.05) is 31.2 Å². The fourth-order valence-electron chi connectivity index (χ4n) is 2.82. The molecule has 1 fully saturated rings. The lowest BCUT2D eigenvalue weighted by atomic mass is 10.3. The Morgan fingerprint density at radius 2 is 1.91 bits per heavy atom. The zero-order valence-corrected chi connectivity index (χ0v) is 13.5. The van der Waals surface area contributed by atoms with E-state index in [1.54, 1.807) is 4.68 Å². The summed E-state index contributed by atoms with van der Waals surface area (Å²) < 4.78 is 7.20. The van der Waals surface area contributed by atoms with Crippen molar-refractivity contribution in [3.63, 3.8) is 0 Å². The Hall–Kier alpha value is -2.18. The smallest absolute Gasteiger partial charge is 0.168 e. The lowest BCUT2D eigenvalue weighted by Gasteiger charge is -2.28. The zero-order chi connectivity index (χ0) is 15.8. The third kappa shape index (κ3) is 2.54. The molecule has 3 heterocycles. The topological polar surface area (TPSA) is 56.1 Å². The highest BCUT2D eigenvalue weighted by Crippen LogP contribution is 2.28. The van der Waals surface area contributed by atoms with Crippen molar-refractivity contribution in [3.05, 3.63) is 41.3 Å². The van der Waals surface area contributed by atoms with Crippen LogP contribution < -0.4 is 4.90 Å². The Labute approximate surface area is 138 Å². The maximum absolute atomic E-state index is 6.31. The van der Waals surface area contributed by atoms with E-state index in [0.29, 0.717) is 24.1 Å². The van der Waals surface area contributed by atoms with E-state index in [1.807, 2.05) is 37.4 Å². The van der Waals surface area contributed by atoms with Crippen LogP contribution in [0.3, 0.4) is 0 Å². The number of aromatic nitrogens is 4. The van der Waals surface area contributed by atoms with Gasteiger partial charge in [0.25, 0.3) is 0 Å². The third-order valence-electron chi connectivity index (χ3n) is 3.91.